The van der Waals surface area contributed by atoms with Gasteiger partial charge < -0.3 is 23.5 Å². The summed E-state index contributed by atoms with van der Waals surface area (Å²) in [6.07, 6.45) is 1.79. The number of esters is 1. The first-order valence-corrected chi connectivity index (χ1v) is 10.1. The van der Waals surface area contributed by atoms with Gasteiger partial charge >= 0.3 is 13.1 Å². The molecule has 168 valence electrons. The van der Waals surface area contributed by atoms with Gasteiger partial charge in [-0.25, -0.2) is 4.79 Å². The predicted octanol–water partition coefficient (Wildman–Crippen LogP) is 2.08. The van der Waals surface area contributed by atoms with Crippen molar-refractivity contribution in [3.63, 3.8) is 0 Å². The Kier molecular flexibility index (Phi) is 7.11. The van der Waals surface area contributed by atoms with Crippen molar-refractivity contribution in [2.75, 3.05) is 20.8 Å². The van der Waals surface area contributed by atoms with Crippen LogP contribution in [0.5, 0.6) is 5.75 Å². The fourth-order valence-electron chi connectivity index (χ4n) is 3.08. The van der Waals surface area contributed by atoms with E-state index in [2.05, 4.69) is 0 Å². The molecule has 0 saturated carbocycles. The van der Waals surface area contributed by atoms with Gasteiger partial charge in [0.1, 0.15) is 17.4 Å². The molecule has 9 heteroatoms. The van der Waals surface area contributed by atoms with Gasteiger partial charge in [-0.3, -0.25) is 9.36 Å². The van der Waals surface area contributed by atoms with Crippen molar-refractivity contribution in [2.24, 2.45) is 0 Å². The molecule has 30 heavy (non-hydrogen) atoms. The van der Waals surface area contributed by atoms with Crippen LogP contribution >= 0.6 is 0 Å². The molecule has 0 N–H and O–H groups in total. The number of rotatable bonds is 7. The first-order chi connectivity index (χ1) is 13.7. The van der Waals surface area contributed by atoms with Crippen molar-refractivity contribution in [3.8, 4) is 5.75 Å². The second-order valence-corrected chi connectivity index (χ2v) is 9.46. The minimum Gasteiger partial charge on any atom is -0.496 e. The molecule has 1 atom stereocenters. The number of carbonyl (C=O) groups is 1. The first kappa shape index (κ1) is 24.4. The SMILES string of the molecule is COCCC(C(=O)OC(C)(C)C)n1cc(OC)c(B2OC(C)(C)C(C)(C)O2)cc1=O. The maximum absolute atomic E-state index is 13.0. The molecule has 1 saturated heterocycles. The van der Waals surface area contributed by atoms with Crippen LogP contribution in [0.3, 0.4) is 0 Å². The van der Waals surface area contributed by atoms with Crippen molar-refractivity contribution >= 4 is 18.6 Å². The van der Waals surface area contributed by atoms with Crippen LogP contribution in [0.1, 0.15) is 60.9 Å². The van der Waals surface area contributed by atoms with Crippen molar-refractivity contribution in [1.29, 1.82) is 0 Å². The number of nitrogens with zero attached hydrogens (tertiary/aromatic N) is 1. The third-order valence-electron chi connectivity index (χ3n) is 5.41. The number of methoxy groups -OCH3 is 2. The highest BCUT2D eigenvalue weighted by Gasteiger charge is 2.52. The zero-order chi connectivity index (χ0) is 22.9. The fourth-order valence-corrected chi connectivity index (χ4v) is 3.08. The Hall–Kier alpha value is -1.84. The number of ether oxygens (including phenoxy) is 3. The van der Waals surface area contributed by atoms with E-state index in [1.165, 1.54) is 31.0 Å². The highest BCUT2D eigenvalue weighted by molar-refractivity contribution is 6.63. The van der Waals surface area contributed by atoms with Crippen LogP contribution in [0.15, 0.2) is 17.1 Å². The smallest absolute Gasteiger partial charge is 0.496 e. The molecular formula is C21H34BNO7. The quantitative estimate of drug-likeness (QED) is 0.490. The van der Waals surface area contributed by atoms with E-state index in [4.69, 9.17) is 23.5 Å². The average molecular weight is 423 g/mol. The van der Waals surface area contributed by atoms with Crippen molar-refractivity contribution in [3.05, 3.63) is 22.6 Å². The van der Waals surface area contributed by atoms with Crippen LogP contribution in [-0.4, -0.2) is 55.3 Å². The minimum absolute atomic E-state index is 0.282. The molecule has 2 rings (SSSR count). The molecule has 1 aromatic rings. The summed E-state index contributed by atoms with van der Waals surface area (Å²) in [5.41, 5.74) is -1.71. The Morgan fingerprint density at radius 2 is 1.73 bits per heavy atom. The lowest BCUT2D eigenvalue weighted by atomic mass is 9.79. The van der Waals surface area contributed by atoms with Crippen molar-refractivity contribution in [1.82, 2.24) is 4.57 Å². The lowest BCUT2D eigenvalue weighted by molar-refractivity contribution is -0.159. The van der Waals surface area contributed by atoms with Crippen LogP contribution in [-0.2, 0) is 23.6 Å². The van der Waals surface area contributed by atoms with Gasteiger partial charge in [-0.15, -0.1) is 0 Å². The molecule has 1 unspecified atom stereocenters. The number of hydrogen-bond donors (Lipinski definition) is 0. The molecule has 0 aliphatic carbocycles. The summed E-state index contributed by atoms with van der Waals surface area (Å²) >= 11 is 0. The lowest BCUT2D eigenvalue weighted by Crippen LogP contribution is -2.41. The van der Waals surface area contributed by atoms with Crippen LogP contribution in [0, 0.1) is 0 Å². The first-order valence-electron chi connectivity index (χ1n) is 10.1. The number of aromatic nitrogens is 1. The molecule has 1 aliphatic heterocycles. The van der Waals surface area contributed by atoms with E-state index in [-0.39, 0.29) is 18.6 Å². The van der Waals surface area contributed by atoms with Gasteiger partial charge in [-0.05, 0) is 48.5 Å². The summed E-state index contributed by atoms with van der Waals surface area (Å²) in [7, 11) is 2.28. The van der Waals surface area contributed by atoms with Crippen molar-refractivity contribution < 1.29 is 28.3 Å². The second kappa shape index (κ2) is 8.73. The van der Waals surface area contributed by atoms with Crippen LogP contribution < -0.4 is 15.8 Å². The zero-order valence-electron chi connectivity index (χ0n) is 19.5. The molecule has 1 fully saturated rings. The number of hydrogen-bond acceptors (Lipinski definition) is 7. The van der Waals surface area contributed by atoms with Crippen LogP contribution in [0.4, 0.5) is 0 Å². The van der Waals surface area contributed by atoms with E-state index in [1.807, 2.05) is 27.7 Å². The second-order valence-electron chi connectivity index (χ2n) is 9.46. The Balaban J connectivity index is 2.46. The standard InChI is InChI=1S/C21H34BNO7/c1-19(2,3)28-18(25)15(10-11-26-8)23-13-16(27-9)14(12-17(23)24)22-29-20(4,5)21(6,7)30-22/h12-13,15H,10-11H2,1-9H3. The fraction of sp³-hybridized carbons (Fsp3) is 0.714. The summed E-state index contributed by atoms with van der Waals surface area (Å²) in [6.45, 7) is 13.4. The molecule has 0 spiro atoms. The van der Waals surface area contributed by atoms with Gasteiger partial charge in [0.15, 0.2) is 0 Å². The molecule has 0 bridgehead atoms. The number of pyridine rings is 1. The topological polar surface area (TPSA) is 85.2 Å². The number of carbonyl (C=O) groups excluding carboxylic acids is 1. The molecule has 2 heterocycles. The average Bonchev–Trinajstić information content (AvgIpc) is 2.82. The molecule has 0 aromatic carbocycles. The van der Waals surface area contributed by atoms with E-state index >= 15 is 0 Å². The summed E-state index contributed by atoms with van der Waals surface area (Å²) in [5, 5.41) is 0. The molecular weight excluding hydrogens is 389 g/mol. The van der Waals surface area contributed by atoms with Crippen LogP contribution in [0.2, 0.25) is 0 Å². The predicted molar refractivity (Wildman–Crippen MR) is 114 cm³/mol. The van der Waals surface area contributed by atoms with Crippen LogP contribution in [0.25, 0.3) is 0 Å². The molecule has 1 aliphatic rings. The lowest BCUT2D eigenvalue weighted by Gasteiger charge is -2.32. The van der Waals surface area contributed by atoms with E-state index in [0.29, 0.717) is 11.2 Å². The highest BCUT2D eigenvalue weighted by atomic mass is 16.7. The summed E-state index contributed by atoms with van der Waals surface area (Å²) in [6, 6.07) is 0.545. The molecule has 0 amide bonds. The maximum atomic E-state index is 13.0. The van der Waals surface area contributed by atoms with Gasteiger partial charge in [0.05, 0.1) is 18.3 Å². The van der Waals surface area contributed by atoms with E-state index in [0.717, 1.165) is 0 Å². The van der Waals surface area contributed by atoms with E-state index in [9.17, 15) is 9.59 Å². The minimum atomic E-state index is -0.849. The Bertz CT molecular complexity index is 810. The van der Waals surface area contributed by atoms with Gasteiger partial charge in [0, 0.05) is 37.9 Å². The van der Waals surface area contributed by atoms with Crippen molar-refractivity contribution in [2.45, 2.75) is 77.7 Å². The third-order valence-corrected chi connectivity index (χ3v) is 5.41. The Morgan fingerprint density at radius 3 is 2.20 bits per heavy atom. The molecule has 0 radical (unpaired) electrons. The van der Waals surface area contributed by atoms with Gasteiger partial charge in [-0.2, -0.15) is 0 Å². The Morgan fingerprint density at radius 1 is 1.17 bits per heavy atom. The largest absolute Gasteiger partial charge is 0.498 e. The van der Waals surface area contributed by atoms with E-state index < -0.39 is 35.9 Å². The summed E-state index contributed by atoms with van der Waals surface area (Å²) in [5.74, 6) is -0.119. The maximum Gasteiger partial charge on any atom is 0.498 e. The third kappa shape index (κ3) is 5.25. The monoisotopic (exact) mass is 423 g/mol. The summed E-state index contributed by atoms with van der Waals surface area (Å²) in [4.78, 5) is 25.8. The van der Waals surface area contributed by atoms with Gasteiger partial charge in [0.25, 0.3) is 5.56 Å². The van der Waals surface area contributed by atoms with Gasteiger partial charge in [0.2, 0.25) is 0 Å². The van der Waals surface area contributed by atoms with Gasteiger partial charge in [-0.1, -0.05) is 0 Å². The Labute approximate surface area is 178 Å². The zero-order valence-corrected chi connectivity index (χ0v) is 19.5. The van der Waals surface area contributed by atoms with E-state index in [1.54, 1.807) is 20.8 Å². The normalized spacial score (nSPS) is 18.9. The summed E-state index contributed by atoms with van der Waals surface area (Å²) < 4.78 is 29.6. The highest BCUT2D eigenvalue weighted by Crippen LogP contribution is 2.37. The molecule has 8 nitrogen and oxygen atoms in total. The molecule has 1 aromatic heterocycles.